The Hall–Kier alpha value is -3.24. The first-order valence-electron chi connectivity index (χ1n) is 10.2. The fraction of sp³-hybridized carbons (Fsp3) is 0.318. The molecule has 2 N–H and O–H groups in total. The largest absolute Gasteiger partial charge is 0.325 e. The number of imide groups is 1. The summed E-state index contributed by atoms with van der Waals surface area (Å²) in [5, 5.41) is 5.42. The summed E-state index contributed by atoms with van der Waals surface area (Å²) < 4.78 is 25.4. The van der Waals surface area contributed by atoms with E-state index < -0.39 is 40.0 Å². The fourth-order valence-corrected chi connectivity index (χ4v) is 5.12. The third kappa shape index (κ3) is 3.65. The molecule has 0 saturated carbocycles. The quantitative estimate of drug-likeness (QED) is 0.664. The summed E-state index contributed by atoms with van der Waals surface area (Å²) in [6.07, 6.45) is 2.07. The van der Waals surface area contributed by atoms with Crippen molar-refractivity contribution in [1.82, 2.24) is 14.5 Å². The van der Waals surface area contributed by atoms with Crippen LogP contribution in [-0.4, -0.2) is 56.1 Å². The summed E-state index contributed by atoms with van der Waals surface area (Å²) in [6, 6.07) is 12.6. The molecule has 1 atom stereocenters. The van der Waals surface area contributed by atoms with Crippen molar-refractivity contribution in [1.29, 1.82) is 0 Å². The van der Waals surface area contributed by atoms with Crippen molar-refractivity contribution in [2.45, 2.75) is 29.7 Å². The highest BCUT2D eigenvalue weighted by molar-refractivity contribution is 7.89. The molecule has 168 valence electrons. The van der Waals surface area contributed by atoms with Crippen LogP contribution in [0.25, 0.3) is 0 Å². The van der Waals surface area contributed by atoms with Gasteiger partial charge in [-0.1, -0.05) is 24.3 Å². The third-order valence-corrected chi connectivity index (χ3v) is 7.70. The lowest BCUT2D eigenvalue weighted by Crippen LogP contribution is -2.47. The maximum absolute atomic E-state index is 13.3. The number of aryl methyl sites for hydroxylation is 1. The average molecular weight is 457 g/mol. The molecule has 4 rings (SSSR count). The van der Waals surface area contributed by atoms with Crippen molar-refractivity contribution >= 4 is 33.6 Å². The van der Waals surface area contributed by atoms with E-state index >= 15 is 0 Å². The fourth-order valence-electron chi connectivity index (χ4n) is 4.22. The lowest BCUT2D eigenvalue weighted by atomic mass is 9.76. The van der Waals surface area contributed by atoms with E-state index in [-0.39, 0.29) is 4.90 Å². The van der Waals surface area contributed by atoms with E-state index in [0.29, 0.717) is 12.1 Å². The van der Waals surface area contributed by atoms with Crippen LogP contribution in [0.3, 0.4) is 0 Å². The Balaban J connectivity index is 1.48. The van der Waals surface area contributed by atoms with Crippen LogP contribution in [0.2, 0.25) is 0 Å². The number of urea groups is 1. The zero-order valence-corrected chi connectivity index (χ0v) is 18.6. The monoisotopic (exact) mass is 456 g/mol. The minimum Gasteiger partial charge on any atom is -0.325 e. The first kappa shape index (κ1) is 22.0. The van der Waals surface area contributed by atoms with Gasteiger partial charge < -0.3 is 10.6 Å². The molecule has 1 spiro atoms. The number of rotatable bonds is 5. The molecule has 10 heteroatoms. The van der Waals surface area contributed by atoms with Crippen LogP contribution >= 0.6 is 0 Å². The smallest absolute Gasteiger partial charge is 0.325 e. The molecule has 1 heterocycles. The standard InChI is InChI=1S/C22H24N4O5S/c1-25(2)32(30,31)17-11-9-16(10-12-17)23-19(27)14-26-20(28)22(24-21(26)29)13-5-7-15-6-3-4-8-18(15)22/h3-4,6,8-12H,5,7,13-14H2,1-2H3,(H,23,27)(H,24,29). The van der Waals surface area contributed by atoms with Gasteiger partial charge in [0.25, 0.3) is 5.91 Å². The number of carbonyl (C=O) groups excluding carboxylic acids is 3. The number of sulfonamides is 1. The van der Waals surface area contributed by atoms with Gasteiger partial charge in [-0.05, 0) is 54.7 Å². The Morgan fingerprint density at radius 2 is 1.81 bits per heavy atom. The van der Waals surface area contributed by atoms with Crippen LogP contribution in [0.15, 0.2) is 53.4 Å². The zero-order valence-electron chi connectivity index (χ0n) is 17.8. The number of fused-ring (bicyclic) bond motifs is 2. The molecule has 1 aliphatic heterocycles. The minimum absolute atomic E-state index is 0.0903. The number of nitrogens with zero attached hydrogens (tertiary/aromatic N) is 2. The molecule has 2 aliphatic rings. The van der Waals surface area contributed by atoms with Gasteiger partial charge in [-0.15, -0.1) is 0 Å². The molecule has 1 unspecified atom stereocenters. The number of amides is 4. The van der Waals surface area contributed by atoms with Gasteiger partial charge in [0, 0.05) is 19.8 Å². The summed E-state index contributed by atoms with van der Waals surface area (Å²) in [6.45, 7) is -0.438. The molecule has 2 aromatic rings. The summed E-state index contributed by atoms with van der Waals surface area (Å²) in [5.74, 6) is -0.991. The van der Waals surface area contributed by atoms with Gasteiger partial charge in [0.2, 0.25) is 15.9 Å². The topological polar surface area (TPSA) is 116 Å². The summed E-state index contributed by atoms with van der Waals surface area (Å²) in [4.78, 5) is 39.4. The van der Waals surface area contributed by atoms with Gasteiger partial charge in [0.15, 0.2) is 0 Å². The molecule has 1 fully saturated rings. The molecule has 32 heavy (non-hydrogen) atoms. The average Bonchev–Trinajstić information content (AvgIpc) is 2.99. The molecular weight excluding hydrogens is 432 g/mol. The number of nitrogens with one attached hydrogen (secondary N) is 2. The number of benzene rings is 2. The Labute approximate surface area is 186 Å². The van der Waals surface area contributed by atoms with Gasteiger partial charge in [0.1, 0.15) is 12.1 Å². The van der Waals surface area contributed by atoms with E-state index in [4.69, 9.17) is 0 Å². The van der Waals surface area contributed by atoms with Gasteiger partial charge >= 0.3 is 6.03 Å². The highest BCUT2D eigenvalue weighted by Gasteiger charge is 2.54. The maximum atomic E-state index is 13.3. The second-order valence-electron chi connectivity index (χ2n) is 8.10. The molecule has 1 aliphatic carbocycles. The normalized spacial score (nSPS) is 20.4. The molecule has 0 radical (unpaired) electrons. The molecule has 9 nitrogen and oxygen atoms in total. The van der Waals surface area contributed by atoms with Crippen LogP contribution in [0, 0.1) is 0 Å². The van der Waals surface area contributed by atoms with Crippen molar-refractivity contribution in [2.24, 2.45) is 0 Å². The predicted molar refractivity (Wildman–Crippen MR) is 117 cm³/mol. The number of hydrogen-bond acceptors (Lipinski definition) is 5. The first-order valence-corrected chi connectivity index (χ1v) is 11.6. The summed E-state index contributed by atoms with van der Waals surface area (Å²) in [5.41, 5.74) is 1.03. The van der Waals surface area contributed by atoms with Crippen molar-refractivity contribution in [3.63, 3.8) is 0 Å². The Morgan fingerprint density at radius 1 is 1.12 bits per heavy atom. The highest BCUT2D eigenvalue weighted by Crippen LogP contribution is 2.39. The molecule has 2 aromatic carbocycles. The summed E-state index contributed by atoms with van der Waals surface area (Å²) >= 11 is 0. The van der Waals surface area contributed by atoms with E-state index in [0.717, 1.165) is 33.2 Å². The van der Waals surface area contributed by atoms with E-state index in [2.05, 4.69) is 10.6 Å². The second-order valence-corrected chi connectivity index (χ2v) is 10.2. The lowest BCUT2D eigenvalue weighted by molar-refractivity contribution is -0.134. The van der Waals surface area contributed by atoms with Crippen LogP contribution in [0.4, 0.5) is 10.5 Å². The Bertz CT molecular complexity index is 1190. The van der Waals surface area contributed by atoms with E-state index in [1.165, 1.54) is 38.4 Å². The third-order valence-electron chi connectivity index (χ3n) is 5.87. The van der Waals surface area contributed by atoms with Gasteiger partial charge in [-0.25, -0.2) is 17.5 Å². The van der Waals surface area contributed by atoms with Crippen molar-refractivity contribution in [3.8, 4) is 0 Å². The molecular formula is C22H24N4O5S. The highest BCUT2D eigenvalue weighted by atomic mass is 32.2. The van der Waals surface area contributed by atoms with Crippen LogP contribution < -0.4 is 10.6 Å². The van der Waals surface area contributed by atoms with Crippen LogP contribution in [-0.2, 0) is 31.6 Å². The number of hydrogen-bond donors (Lipinski definition) is 2. The van der Waals surface area contributed by atoms with Gasteiger partial charge in [-0.3, -0.25) is 14.5 Å². The van der Waals surface area contributed by atoms with Crippen LogP contribution in [0.1, 0.15) is 24.0 Å². The zero-order chi connectivity index (χ0) is 23.1. The van der Waals surface area contributed by atoms with E-state index in [9.17, 15) is 22.8 Å². The predicted octanol–water partition coefficient (Wildman–Crippen LogP) is 1.66. The second kappa shape index (κ2) is 8.03. The van der Waals surface area contributed by atoms with Crippen molar-refractivity contribution in [3.05, 3.63) is 59.7 Å². The Kier molecular flexibility index (Phi) is 5.51. The first-order chi connectivity index (χ1) is 15.1. The van der Waals surface area contributed by atoms with Crippen LogP contribution in [0.5, 0.6) is 0 Å². The Morgan fingerprint density at radius 3 is 2.50 bits per heavy atom. The summed E-state index contributed by atoms with van der Waals surface area (Å²) in [7, 11) is -0.719. The van der Waals surface area contributed by atoms with Gasteiger partial charge in [0.05, 0.1) is 4.90 Å². The molecule has 0 aromatic heterocycles. The maximum Gasteiger partial charge on any atom is 0.325 e. The number of anilines is 1. The van der Waals surface area contributed by atoms with Gasteiger partial charge in [-0.2, -0.15) is 0 Å². The lowest BCUT2D eigenvalue weighted by Gasteiger charge is -2.33. The van der Waals surface area contributed by atoms with Crippen molar-refractivity contribution in [2.75, 3.05) is 26.0 Å². The van der Waals surface area contributed by atoms with Crippen molar-refractivity contribution < 1.29 is 22.8 Å². The van der Waals surface area contributed by atoms with E-state index in [1.54, 1.807) is 0 Å². The minimum atomic E-state index is -3.58. The molecule has 4 amide bonds. The van der Waals surface area contributed by atoms with E-state index in [1.807, 2.05) is 24.3 Å². The molecule has 1 saturated heterocycles. The molecule has 0 bridgehead atoms. The SMILES string of the molecule is CN(C)S(=O)(=O)c1ccc(NC(=O)CN2C(=O)NC3(CCCc4ccccc43)C2=O)cc1. The number of carbonyl (C=O) groups is 3.